The fraction of sp³-hybridized carbons (Fsp3) is 0.467. The van der Waals surface area contributed by atoms with Crippen LogP contribution in [0.25, 0.3) is 0 Å². The molecule has 2 N–H and O–H groups in total. The van der Waals surface area contributed by atoms with Crippen molar-refractivity contribution in [2.24, 2.45) is 5.73 Å². The molecule has 1 aromatic heterocycles. The van der Waals surface area contributed by atoms with Gasteiger partial charge in [0.2, 0.25) is 0 Å². The zero-order valence-corrected chi connectivity index (χ0v) is 11.7. The average Bonchev–Trinajstić information content (AvgIpc) is 2.86. The van der Waals surface area contributed by atoms with Crippen molar-refractivity contribution in [2.75, 3.05) is 0 Å². The van der Waals surface area contributed by atoms with Crippen molar-refractivity contribution in [2.45, 2.75) is 45.2 Å². The summed E-state index contributed by atoms with van der Waals surface area (Å²) in [6, 6.07) is 10.9. The van der Waals surface area contributed by atoms with E-state index < -0.39 is 0 Å². The van der Waals surface area contributed by atoms with Crippen molar-refractivity contribution in [1.82, 2.24) is 14.8 Å². The van der Waals surface area contributed by atoms with Gasteiger partial charge in [0.1, 0.15) is 12.2 Å². The monoisotopic (exact) mass is 258 g/mol. The first-order chi connectivity index (χ1) is 9.16. The van der Waals surface area contributed by atoms with Crippen LogP contribution in [0.4, 0.5) is 0 Å². The molecule has 2 rings (SSSR count). The van der Waals surface area contributed by atoms with Gasteiger partial charge in [-0.1, -0.05) is 30.3 Å². The molecule has 0 spiro atoms. The quantitative estimate of drug-likeness (QED) is 0.865. The van der Waals surface area contributed by atoms with Gasteiger partial charge in [-0.05, 0) is 32.3 Å². The van der Waals surface area contributed by atoms with Crippen molar-refractivity contribution >= 4 is 0 Å². The standard InChI is InChI=1S/C15H22N4/c1-12(2)19-15(17-11-18-19)10-14(16)9-8-13-6-4-3-5-7-13/h3-7,11-12,14H,8-10,16H2,1-2H3. The van der Waals surface area contributed by atoms with Crippen LogP contribution in [0.5, 0.6) is 0 Å². The average molecular weight is 258 g/mol. The van der Waals surface area contributed by atoms with Gasteiger partial charge in [-0.25, -0.2) is 9.67 Å². The van der Waals surface area contributed by atoms with Crippen molar-refractivity contribution < 1.29 is 0 Å². The Bertz CT molecular complexity index is 490. The summed E-state index contributed by atoms with van der Waals surface area (Å²) in [4.78, 5) is 4.30. The van der Waals surface area contributed by atoms with Gasteiger partial charge in [0.05, 0.1) is 0 Å². The lowest BCUT2D eigenvalue weighted by Gasteiger charge is -2.14. The van der Waals surface area contributed by atoms with Crippen LogP contribution < -0.4 is 5.73 Å². The zero-order valence-electron chi connectivity index (χ0n) is 11.7. The Morgan fingerprint density at radius 3 is 2.63 bits per heavy atom. The molecule has 0 amide bonds. The Hall–Kier alpha value is -1.68. The number of nitrogens with zero attached hydrogens (tertiary/aromatic N) is 3. The Morgan fingerprint density at radius 2 is 1.95 bits per heavy atom. The molecule has 1 unspecified atom stereocenters. The molecule has 1 heterocycles. The third-order valence-corrected chi connectivity index (χ3v) is 3.23. The van der Waals surface area contributed by atoms with Crippen LogP contribution in [0, 0.1) is 0 Å². The highest BCUT2D eigenvalue weighted by Gasteiger charge is 2.12. The third-order valence-electron chi connectivity index (χ3n) is 3.23. The summed E-state index contributed by atoms with van der Waals surface area (Å²) in [6.07, 6.45) is 4.37. The SMILES string of the molecule is CC(C)n1ncnc1CC(N)CCc1ccccc1. The maximum atomic E-state index is 6.20. The Labute approximate surface area is 114 Å². The van der Waals surface area contributed by atoms with Crippen molar-refractivity contribution in [3.8, 4) is 0 Å². The first-order valence-corrected chi connectivity index (χ1v) is 6.84. The molecule has 0 aliphatic heterocycles. The van der Waals surface area contributed by atoms with Crippen LogP contribution in [-0.4, -0.2) is 20.8 Å². The lowest BCUT2D eigenvalue weighted by Crippen LogP contribution is -2.26. The molecule has 0 saturated heterocycles. The molecule has 1 atom stereocenters. The van der Waals surface area contributed by atoms with Gasteiger partial charge < -0.3 is 5.73 Å². The van der Waals surface area contributed by atoms with E-state index >= 15 is 0 Å². The normalized spacial score (nSPS) is 12.8. The third kappa shape index (κ3) is 3.89. The topological polar surface area (TPSA) is 56.7 Å². The molecule has 2 aromatic rings. The smallest absolute Gasteiger partial charge is 0.138 e. The second kappa shape index (κ2) is 6.48. The minimum absolute atomic E-state index is 0.127. The van der Waals surface area contributed by atoms with Crippen LogP contribution in [-0.2, 0) is 12.8 Å². The van der Waals surface area contributed by atoms with Crippen LogP contribution in [0.2, 0.25) is 0 Å². The maximum absolute atomic E-state index is 6.20. The Balaban J connectivity index is 1.87. The number of aryl methyl sites for hydroxylation is 1. The van der Waals surface area contributed by atoms with E-state index in [2.05, 4.69) is 48.2 Å². The summed E-state index contributed by atoms with van der Waals surface area (Å²) in [5, 5.41) is 4.24. The number of hydrogen-bond donors (Lipinski definition) is 1. The van der Waals surface area contributed by atoms with Gasteiger partial charge >= 0.3 is 0 Å². The molecule has 0 radical (unpaired) electrons. The molecule has 1 aromatic carbocycles. The maximum Gasteiger partial charge on any atom is 0.138 e. The molecular weight excluding hydrogens is 236 g/mol. The lowest BCUT2D eigenvalue weighted by atomic mass is 10.0. The highest BCUT2D eigenvalue weighted by atomic mass is 15.3. The summed E-state index contributed by atoms with van der Waals surface area (Å²) >= 11 is 0. The molecule has 19 heavy (non-hydrogen) atoms. The number of aromatic nitrogens is 3. The van der Waals surface area contributed by atoms with E-state index in [-0.39, 0.29) is 6.04 Å². The van der Waals surface area contributed by atoms with Crippen molar-refractivity contribution in [3.05, 3.63) is 48.0 Å². The van der Waals surface area contributed by atoms with Gasteiger partial charge in [-0.15, -0.1) is 0 Å². The lowest BCUT2D eigenvalue weighted by molar-refractivity contribution is 0.484. The van der Waals surface area contributed by atoms with Gasteiger partial charge in [-0.3, -0.25) is 0 Å². The van der Waals surface area contributed by atoms with Gasteiger partial charge in [0.15, 0.2) is 0 Å². The Morgan fingerprint density at radius 1 is 1.21 bits per heavy atom. The van der Waals surface area contributed by atoms with Crippen LogP contribution in [0.1, 0.15) is 37.7 Å². The fourth-order valence-corrected chi connectivity index (χ4v) is 2.18. The van der Waals surface area contributed by atoms with Gasteiger partial charge in [-0.2, -0.15) is 5.10 Å². The summed E-state index contributed by atoms with van der Waals surface area (Å²) < 4.78 is 1.95. The van der Waals surface area contributed by atoms with E-state index in [1.165, 1.54) is 5.56 Å². The van der Waals surface area contributed by atoms with Gasteiger partial charge in [0, 0.05) is 18.5 Å². The van der Waals surface area contributed by atoms with E-state index in [0.29, 0.717) is 6.04 Å². The summed E-state index contributed by atoms with van der Waals surface area (Å²) in [5.41, 5.74) is 7.54. The molecule has 0 aliphatic rings. The number of benzene rings is 1. The largest absolute Gasteiger partial charge is 0.327 e. The van der Waals surface area contributed by atoms with Crippen LogP contribution in [0.15, 0.2) is 36.7 Å². The second-order valence-electron chi connectivity index (χ2n) is 5.20. The van der Waals surface area contributed by atoms with Crippen molar-refractivity contribution in [3.63, 3.8) is 0 Å². The highest BCUT2D eigenvalue weighted by Crippen LogP contribution is 2.10. The molecule has 0 saturated carbocycles. The fourth-order valence-electron chi connectivity index (χ4n) is 2.18. The highest BCUT2D eigenvalue weighted by molar-refractivity contribution is 5.14. The predicted octanol–water partition coefficient (Wildman–Crippen LogP) is 2.36. The number of nitrogens with two attached hydrogens (primary N) is 1. The van der Waals surface area contributed by atoms with E-state index in [4.69, 9.17) is 5.73 Å². The minimum atomic E-state index is 0.127. The summed E-state index contributed by atoms with van der Waals surface area (Å²) in [7, 11) is 0. The minimum Gasteiger partial charge on any atom is -0.327 e. The van der Waals surface area contributed by atoms with E-state index in [9.17, 15) is 0 Å². The Kier molecular flexibility index (Phi) is 4.68. The first kappa shape index (κ1) is 13.7. The molecule has 0 bridgehead atoms. The van der Waals surface area contributed by atoms with Gasteiger partial charge in [0.25, 0.3) is 0 Å². The van der Waals surface area contributed by atoms with Crippen molar-refractivity contribution in [1.29, 1.82) is 0 Å². The summed E-state index contributed by atoms with van der Waals surface area (Å²) in [5.74, 6) is 0.982. The molecule has 0 aliphatic carbocycles. The first-order valence-electron chi connectivity index (χ1n) is 6.84. The molecule has 4 nitrogen and oxygen atoms in total. The molecule has 102 valence electrons. The van der Waals surface area contributed by atoms with E-state index in [0.717, 1.165) is 25.1 Å². The predicted molar refractivity (Wildman–Crippen MR) is 76.8 cm³/mol. The zero-order chi connectivity index (χ0) is 13.7. The van der Waals surface area contributed by atoms with Crippen LogP contribution in [0.3, 0.4) is 0 Å². The summed E-state index contributed by atoms with van der Waals surface area (Å²) in [6.45, 7) is 4.21. The number of hydrogen-bond acceptors (Lipinski definition) is 3. The molecule has 4 heteroatoms. The molecular formula is C15H22N4. The number of rotatable bonds is 6. The second-order valence-corrected chi connectivity index (χ2v) is 5.20. The van der Waals surface area contributed by atoms with E-state index in [1.807, 2.05) is 10.7 Å². The van der Waals surface area contributed by atoms with E-state index in [1.54, 1.807) is 6.33 Å². The van der Waals surface area contributed by atoms with Crippen LogP contribution >= 0.6 is 0 Å². The molecule has 0 fully saturated rings.